The SMILES string of the molecule is CCc1nnc(C)cc1C(O)Cc1cc(Cl)ccc1OC. The van der Waals surface area contributed by atoms with Gasteiger partial charge in [-0.2, -0.15) is 10.2 Å². The van der Waals surface area contributed by atoms with Crippen molar-refractivity contribution in [1.29, 1.82) is 0 Å². The summed E-state index contributed by atoms with van der Waals surface area (Å²) in [6.07, 6.45) is 0.482. The maximum atomic E-state index is 10.6. The Morgan fingerprint density at radius 1 is 1.29 bits per heavy atom. The van der Waals surface area contributed by atoms with Crippen LogP contribution in [0.1, 0.15) is 35.5 Å². The van der Waals surface area contributed by atoms with Gasteiger partial charge in [0.2, 0.25) is 0 Å². The van der Waals surface area contributed by atoms with E-state index in [-0.39, 0.29) is 0 Å². The highest BCUT2D eigenvalue weighted by atomic mass is 35.5. The molecule has 1 heterocycles. The number of methoxy groups -OCH3 is 1. The second-order valence-electron chi connectivity index (χ2n) is 4.92. The highest BCUT2D eigenvalue weighted by molar-refractivity contribution is 6.30. The van der Waals surface area contributed by atoms with Crippen molar-refractivity contribution in [3.63, 3.8) is 0 Å². The second-order valence-corrected chi connectivity index (χ2v) is 5.35. The van der Waals surface area contributed by atoms with Crippen LogP contribution in [0.4, 0.5) is 0 Å². The van der Waals surface area contributed by atoms with E-state index in [0.29, 0.717) is 11.4 Å². The lowest BCUT2D eigenvalue weighted by molar-refractivity contribution is 0.175. The molecule has 0 aliphatic heterocycles. The van der Waals surface area contributed by atoms with Crippen LogP contribution >= 0.6 is 11.6 Å². The lowest BCUT2D eigenvalue weighted by atomic mass is 9.98. The molecule has 0 saturated carbocycles. The zero-order chi connectivity index (χ0) is 15.4. The molecule has 5 heteroatoms. The number of aryl methyl sites for hydroxylation is 2. The van der Waals surface area contributed by atoms with E-state index >= 15 is 0 Å². The summed E-state index contributed by atoms with van der Waals surface area (Å²) in [6.45, 7) is 3.86. The van der Waals surface area contributed by atoms with Crippen molar-refractivity contribution in [1.82, 2.24) is 10.2 Å². The van der Waals surface area contributed by atoms with Crippen molar-refractivity contribution >= 4 is 11.6 Å². The minimum Gasteiger partial charge on any atom is -0.496 e. The average Bonchev–Trinajstić information content (AvgIpc) is 2.47. The first kappa shape index (κ1) is 15.7. The maximum absolute atomic E-state index is 10.6. The third-order valence-corrected chi connectivity index (χ3v) is 3.61. The minimum absolute atomic E-state index is 0.419. The van der Waals surface area contributed by atoms with E-state index in [4.69, 9.17) is 16.3 Å². The topological polar surface area (TPSA) is 55.2 Å². The standard InChI is InChI=1S/C16H19ClN2O2/c1-4-14-13(7-10(2)18-19-14)15(20)9-11-8-12(17)5-6-16(11)21-3/h5-8,15,20H,4,9H2,1-3H3. The van der Waals surface area contributed by atoms with E-state index in [1.807, 2.05) is 26.0 Å². The Hall–Kier alpha value is -1.65. The number of benzene rings is 1. The summed E-state index contributed by atoms with van der Waals surface area (Å²) >= 11 is 6.03. The van der Waals surface area contributed by atoms with Crippen LogP contribution in [-0.4, -0.2) is 22.4 Å². The fourth-order valence-corrected chi connectivity index (χ4v) is 2.52. The van der Waals surface area contributed by atoms with Crippen molar-refractivity contribution in [2.75, 3.05) is 7.11 Å². The van der Waals surface area contributed by atoms with Gasteiger partial charge >= 0.3 is 0 Å². The summed E-state index contributed by atoms with van der Waals surface area (Å²) in [5.41, 5.74) is 3.29. The predicted molar refractivity (Wildman–Crippen MR) is 82.8 cm³/mol. The molecule has 1 aromatic carbocycles. The van der Waals surface area contributed by atoms with Crippen LogP contribution in [-0.2, 0) is 12.8 Å². The quantitative estimate of drug-likeness (QED) is 0.921. The van der Waals surface area contributed by atoms with Gasteiger partial charge in [0.1, 0.15) is 5.75 Å². The molecular weight excluding hydrogens is 288 g/mol. The molecule has 0 bridgehead atoms. The average molecular weight is 307 g/mol. The first-order chi connectivity index (χ1) is 10.0. The molecule has 2 rings (SSSR count). The maximum Gasteiger partial charge on any atom is 0.122 e. The van der Waals surface area contributed by atoms with Crippen molar-refractivity contribution in [3.05, 3.63) is 51.8 Å². The number of rotatable bonds is 5. The highest BCUT2D eigenvalue weighted by Gasteiger charge is 2.17. The molecule has 0 radical (unpaired) electrons. The molecule has 0 aliphatic carbocycles. The Morgan fingerprint density at radius 2 is 2.05 bits per heavy atom. The molecule has 0 aliphatic rings. The van der Waals surface area contributed by atoms with E-state index in [9.17, 15) is 5.11 Å². The van der Waals surface area contributed by atoms with Gasteiger partial charge in [0.05, 0.1) is 24.6 Å². The molecule has 0 saturated heterocycles. The minimum atomic E-state index is -0.665. The van der Waals surface area contributed by atoms with Gasteiger partial charge in [-0.3, -0.25) is 0 Å². The van der Waals surface area contributed by atoms with Crippen molar-refractivity contribution < 1.29 is 9.84 Å². The molecule has 0 amide bonds. The molecule has 1 unspecified atom stereocenters. The number of nitrogens with zero attached hydrogens (tertiary/aromatic N) is 2. The lowest BCUT2D eigenvalue weighted by Gasteiger charge is -2.16. The van der Waals surface area contributed by atoms with Crippen LogP contribution in [0.3, 0.4) is 0 Å². The third kappa shape index (κ3) is 3.71. The number of aliphatic hydroxyl groups is 1. The number of hydrogen-bond acceptors (Lipinski definition) is 4. The van der Waals surface area contributed by atoms with Crippen LogP contribution in [0.15, 0.2) is 24.3 Å². The smallest absolute Gasteiger partial charge is 0.122 e. The molecular formula is C16H19ClN2O2. The highest BCUT2D eigenvalue weighted by Crippen LogP contribution is 2.28. The van der Waals surface area contributed by atoms with Gasteiger partial charge in [-0.1, -0.05) is 18.5 Å². The van der Waals surface area contributed by atoms with E-state index in [2.05, 4.69) is 10.2 Å². The van der Waals surface area contributed by atoms with Crippen molar-refractivity contribution in [3.8, 4) is 5.75 Å². The summed E-state index contributed by atoms with van der Waals surface area (Å²) in [4.78, 5) is 0. The molecule has 1 aromatic heterocycles. The summed E-state index contributed by atoms with van der Waals surface area (Å²) in [6, 6.07) is 7.28. The Kier molecular flexibility index (Phi) is 5.15. The molecule has 1 atom stereocenters. The van der Waals surface area contributed by atoms with Crippen LogP contribution in [0, 0.1) is 6.92 Å². The number of halogens is 1. The number of hydrogen-bond donors (Lipinski definition) is 1. The Morgan fingerprint density at radius 3 is 2.71 bits per heavy atom. The summed E-state index contributed by atoms with van der Waals surface area (Å²) in [5.74, 6) is 0.718. The number of ether oxygens (including phenoxy) is 1. The first-order valence-corrected chi connectivity index (χ1v) is 7.26. The van der Waals surface area contributed by atoms with E-state index in [0.717, 1.165) is 34.7 Å². The zero-order valence-electron chi connectivity index (χ0n) is 12.4. The number of aliphatic hydroxyl groups excluding tert-OH is 1. The van der Waals surface area contributed by atoms with E-state index in [1.54, 1.807) is 19.2 Å². The largest absolute Gasteiger partial charge is 0.496 e. The molecule has 0 fully saturated rings. The molecule has 2 aromatic rings. The van der Waals surface area contributed by atoms with E-state index < -0.39 is 6.10 Å². The van der Waals surface area contributed by atoms with Crippen molar-refractivity contribution in [2.45, 2.75) is 32.8 Å². The predicted octanol–water partition coefficient (Wildman–Crippen LogP) is 3.29. The fourth-order valence-electron chi connectivity index (χ4n) is 2.32. The van der Waals surface area contributed by atoms with Crippen LogP contribution < -0.4 is 4.74 Å². The molecule has 4 nitrogen and oxygen atoms in total. The summed E-state index contributed by atoms with van der Waals surface area (Å²) < 4.78 is 5.32. The van der Waals surface area contributed by atoms with Crippen LogP contribution in [0.5, 0.6) is 5.75 Å². The van der Waals surface area contributed by atoms with Crippen LogP contribution in [0.2, 0.25) is 5.02 Å². The second kappa shape index (κ2) is 6.87. The molecule has 21 heavy (non-hydrogen) atoms. The zero-order valence-corrected chi connectivity index (χ0v) is 13.2. The normalized spacial score (nSPS) is 12.2. The Labute approximate surface area is 129 Å². The third-order valence-electron chi connectivity index (χ3n) is 3.38. The Bertz CT molecular complexity index is 632. The van der Waals surface area contributed by atoms with Gasteiger partial charge in [0, 0.05) is 17.0 Å². The molecule has 0 spiro atoms. The van der Waals surface area contributed by atoms with Crippen LogP contribution in [0.25, 0.3) is 0 Å². The summed E-state index contributed by atoms with van der Waals surface area (Å²) in [5, 5.41) is 19.4. The van der Waals surface area contributed by atoms with Gasteiger partial charge in [-0.15, -0.1) is 0 Å². The number of aromatic nitrogens is 2. The van der Waals surface area contributed by atoms with Gasteiger partial charge in [0.15, 0.2) is 0 Å². The Balaban J connectivity index is 2.31. The van der Waals surface area contributed by atoms with Crippen molar-refractivity contribution in [2.24, 2.45) is 0 Å². The van der Waals surface area contributed by atoms with E-state index in [1.165, 1.54) is 0 Å². The summed E-state index contributed by atoms with van der Waals surface area (Å²) in [7, 11) is 1.61. The van der Waals surface area contributed by atoms with Gasteiger partial charge in [-0.05, 0) is 43.2 Å². The fraction of sp³-hybridized carbons (Fsp3) is 0.375. The lowest BCUT2D eigenvalue weighted by Crippen LogP contribution is -2.09. The molecule has 112 valence electrons. The first-order valence-electron chi connectivity index (χ1n) is 6.88. The van der Waals surface area contributed by atoms with Gasteiger partial charge < -0.3 is 9.84 Å². The van der Waals surface area contributed by atoms with Gasteiger partial charge in [-0.25, -0.2) is 0 Å². The van der Waals surface area contributed by atoms with Gasteiger partial charge in [0.25, 0.3) is 0 Å². The monoisotopic (exact) mass is 306 g/mol. The molecule has 1 N–H and O–H groups in total.